The zero-order chi connectivity index (χ0) is 25.3. The van der Waals surface area contributed by atoms with Gasteiger partial charge in [-0.3, -0.25) is 4.72 Å². The lowest BCUT2D eigenvalue weighted by Gasteiger charge is -2.35. The third-order valence-electron chi connectivity index (χ3n) is 6.10. The molecule has 11 heteroatoms. The topological polar surface area (TPSA) is 129 Å². The normalized spacial score (nSPS) is 14.1. The number of benzene rings is 2. The zero-order valence-electron chi connectivity index (χ0n) is 19.5. The first-order chi connectivity index (χ1) is 17.3. The number of carboxylic acids is 1. The SMILES string of the molecule is Cc1ccccc1S(=O)(=O)Nc1ccc2nc(N3CCN(c4ncccn4)CC3)cc(C(=O)O)c2c1. The summed E-state index contributed by atoms with van der Waals surface area (Å²) in [6.07, 6.45) is 3.40. The molecule has 184 valence electrons. The van der Waals surface area contributed by atoms with E-state index in [0.717, 1.165) is 0 Å². The average Bonchev–Trinajstić information content (AvgIpc) is 2.88. The van der Waals surface area contributed by atoms with Crippen molar-refractivity contribution in [3.05, 3.63) is 78.1 Å². The number of rotatable bonds is 6. The Kier molecular flexibility index (Phi) is 6.15. The molecule has 0 radical (unpaired) electrons. The van der Waals surface area contributed by atoms with Crippen molar-refractivity contribution < 1.29 is 18.3 Å². The predicted molar refractivity (Wildman–Crippen MR) is 137 cm³/mol. The van der Waals surface area contributed by atoms with Crippen LogP contribution in [0.15, 0.2) is 71.9 Å². The molecule has 3 heterocycles. The van der Waals surface area contributed by atoms with Gasteiger partial charge in [0.1, 0.15) is 5.82 Å². The summed E-state index contributed by atoms with van der Waals surface area (Å²) in [7, 11) is -3.84. The lowest BCUT2D eigenvalue weighted by atomic mass is 10.1. The monoisotopic (exact) mass is 504 g/mol. The second-order valence-corrected chi connectivity index (χ2v) is 10.1. The van der Waals surface area contributed by atoms with Crippen LogP contribution in [0.3, 0.4) is 0 Å². The molecule has 1 saturated heterocycles. The van der Waals surface area contributed by atoms with Gasteiger partial charge in [-0.25, -0.2) is 28.2 Å². The van der Waals surface area contributed by atoms with Crippen molar-refractivity contribution >= 4 is 44.3 Å². The number of aromatic nitrogens is 3. The molecule has 0 saturated carbocycles. The first-order valence-electron chi connectivity index (χ1n) is 11.4. The van der Waals surface area contributed by atoms with Crippen LogP contribution in [0.4, 0.5) is 17.5 Å². The van der Waals surface area contributed by atoms with Crippen molar-refractivity contribution in [3.8, 4) is 0 Å². The maximum atomic E-state index is 12.9. The van der Waals surface area contributed by atoms with Gasteiger partial charge in [-0.1, -0.05) is 18.2 Å². The molecule has 2 aromatic heterocycles. The minimum Gasteiger partial charge on any atom is -0.478 e. The summed E-state index contributed by atoms with van der Waals surface area (Å²) in [6, 6.07) is 14.7. The van der Waals surface area contributed by atoms with E-state index in [4.69, 9.17) is 0 Å². The summed E-state index contributed by atoms with van der Waals surface area (Å²) < 4.78 is 28.4. The Labute approximate surface area is 208 Å². The van der Waals surface area contributed by atoms with Crippen molar-refractivity contribution in [1.82, 2.24) is 15.0 Å². The highest BCUT2D eigenvalue weighted by atomic mass is 32.2. The fraction of sp³-hybridized carbons (Fsp3) is 0.200. The minimum atomic E-state index is -3.84. The smallest absolute Gasteiger partial charge is 0.336 e. The average molecular weight is 505 g/mol. The van der Waals surface area contributed by atoms with Crippen LogP contribution in [0.2, 0.25) is 0 Å². The van der Waals surface area contributed by atoms with Crippen molar-refractivity contribution in [2.24, 2.45) is 0 Å². The van der Waals surface area contributed by atoms with Crippen LogP contribution >= 0.6 is 0 Å². The number of fused-ring (bicyclic) bond motifs is 1. The Hall–Kier alpha value is -4.25. The first-order valence-corrected chi connectivity index (χ1v) is 12.8. The van der Waals surface area contributed by atoms with Gasteiger partial charge in [0, 0.05) is 49.6 Å². The first kappa shape index (κ1) is 23.5. The number of anilines is 3. The maximum absolute atomic E-state index is 12.9. The molecule has 0 aliphatic carbocycles. The molecule has 2 N–H and O–H groups in total. The van der Waals surface area contributed by atoms with Crippen LogP contribution in [0.1, 0.15) is 15.9 Å². The standard InChI is InChI=1S/C25H24N6O4S/c1-17-5-2-3-6-22(17)36(34,35)29-18-7-8-21-19(15-18)20(24(32)33)16-23(28-21)30-11-13-31(14-12-30)25-26-9-4-10-27-25/h2-10,15-16,29H,11-14H2,1H3,(H,32,33). The molecule has 0 amide bonds. The molecule has 10 nitrogen and oxygen atoms in total. The van der Waals surface area contributed by atoms with Crippen LogP contribution in [0.5, 0.6) is 0 Å². The molecule has 0 spiro atoms. The number of hydrogen-bond acceptors (Lipinski definition) is 8. The number of nitrogens with zero attached hydrogens (tertiary/aromatic N) is 5. The van der Waals surface area contributed by atoms with Gasteiger partial charge in [0.2, 0.25) is 5.95 Å². The molecule has 0 atom stereocenters. The Morgan fingerprint density at radius 2 is 1.64 bits per heavy atom. The van der Waals surface area contributed by atoms with Gasteiger partial charge >= 0.3 is 5.97 Å². The summed E-state index contributed by atoms with van der Waals surface area (Å²) in [5.41, 5.74) is 1.40. The van der Waals surface area contributed by atoms with Crippen molar-refractivity contribution in [2.75, 3.05) is 40.7 Å². The van der Waals surface area contributed by atoms with E-state index in [1.54, 1.807) is 61.8 Å². The molecule has 0 bridgehead atoms. The lowest BCUT2D eigenvalue weighted by Crippen LogP contribution is -2.47. The van der Waals surface area contributed by atoms with Gasteiger partial charge in [-0.2, -0.15) is 0 Å². The fourth-order valence-corrected chi connectivity index (χ4v) is 5.57. The molecule has 1 aliphatic rings. The molecular formula is C25H24N6O4S. The number of hydrogen-bond donors (Lipinski definition) is 2. The van der Waals surface area contributed by atoms with Gasteiger partial charge in [0.25, 0.3) is 10.0 Å². The van der Waals surface area contributed by atoms with E-state index in [-0.39, 0.29) is 16.1 Å². The molecular weight excluding hydrogens is 480 g/mol. The highest BCUT2D eigenvalue weighted by Crippen LogP contribution is 2.28. The number of nitrogens with one attached hydrogen (secondary N) is 1. The van der Waals surface area contributed by atoms with E-state index >= 15 is 0 Å². The zero-order valence-corrected chi connectivity index (χ0v) is 20.3. The third kappa shape index (κ3) is 4.65. The summed E-state index contributed by atoms with van der Waals surface area (Å²) in [4.78, 5) is 29.7. The minimum absolute atomic E-state index is 0.0563. The van der Waals surface area contributed by atoms with Gasteiger partial charge < -0.3 is 14.9 Å². The Balaban J connectivity index is 1.42. The largest absolute Gasteiger partial charge is 0.478 e. The third-order valence-corrected chi connectivity index (χ3v) is 7.64. The Bertz CT molecular complexity index is 1540. The summed E-state index contributed by atoms with van der Waals surface area (Å²) in [5, 5.41) is 10.3. The summed E-state index contributed by atoms with van der Waals surface area (Å²) >= 11 is 0. The maximum Gasteiger partial charge on any atom is 0.336 e. The van der Waals surface area contributed by atoms with Gasteiger partial charge in [0.15, 0.2) is 0 Å². The van der Waals surface area contributed by atoms with Crippen molar-refractivity contribution in [1.29, 1.82) is 0 Å². The van der Waals surface area contributed by atoms with Crippen LogP contribution in [0.25, 0.3) is 10.9 Å². The summed E-state index contributed by atoms with van der Waals surface area (Å²) in [6.45, 7) is 4.32. The lowest BCUT2D eigenvalue weighted by molar-refractivity contribution is 0.0699. The van der Waals surface area contributed by atoms with Crippen LogP contribution in [-0.2, 0) is 10.0 Å². The van der Waals surface area contributed by atoms with E-state index in [1.807, 2.05) is 4.90 Å². The van der Waals surface area contributed by atoms with Crippen molar-refractivity contribution in [3.63, 3.8) is 0 Å². The Morgan fingerprint density at radius 3 is 2.33 bits per heavy atom. The molecule has 5 rings (SSSR count). The molecule has 0 unspecified atom stereocenters. The van der Waals surface area contributed by atoms with E-state index in [1.165, 1.54) is 12.1 Å². The van der Waals surface area contributed by atoms with E-state index in [2.05, 4.69) is 24.6 Å². The van der Waals surface area contributed by atoms with Crippen molar-refractivity contribution in [2.45, 2.75) is 11.8 Å². The van der Waals surface area contributed by atoms with Crippen LogP contribution in [-0.4, -0.2) is 60.6 Å². The number of carboxylic acid groups (broad SMARTS) is 1. The van der Waals surface area contributed by atoms with E-state index in [0.29, 0.717) is 54.4 Å². The number of aryl methyl sites for hydroxylation is 1. The number of carbonyl (C=O) groups is 1. The highest BCUT2D eigenvalue weighted by molar-refractivity contribution is 7.92. The van der Waals surface area contributed by atoms with E-state index < -0.39 is 16.0 Å². The quantitative estimate of drug-likeness (QED) is 0.407. The second kappa shape index (κ2) is 9.42. The molecule has 1 fully saturated rings. The highest BCUT2D eigenvalue weighted by Gasteiger charge is 2.23. The van der Waals surface area contributed by atoms with Gasteiger partial charge in [-0.05, 0) is 48.9 Å². The van der Waals surface area contributed by atoms with Crippen LogP contribution < -0.4 is 14.5 Å². The number of sulfonamides is 1. The van der Waals surface area contributed by atoms with Crippen LogP contribution in [0, 0.1) is 6.92 Å². The van der Waals surface area contributed by atoms with Gasteiger partial charge in [0.05, 0.1) is 16.0 Å². The fourth-order valence-electron chi connectivity index (χ4n) is 4.27. The Morgan fingerprint density at radius 1 is 0.944 bits per heavy atom. The molecule has 36 heavy (non-hydrogen) atoms. The molecule has 1 aliphatic heterocycles. The number of piperazine rings is 1. The predicted octanol–water partition coefficient (Wildman–Crippen LogP) is 3.16. The number of aromatic carboxylic acids is 1. The molecule has 4 aromatic rings. The molecule has 2 aromatic carbocycles. The second-order valence-electron chi connectivity index (χ2n) is 8.46. The number of pyridine rings is 1. The summed E-state index contributed by atoms with van der Waals surface area (Å²) in [5.74, 6) is 0.108. The van der Waals surface area contributed by atoms with Gasteiger partial charge in [-0.15, -0.1) is 0 Å². The van der Waals surface area contributed by atoms with E-state index in [9.17, 15) is 18.3 Å².